The third-order valence-corrected chi connectivity index (χ3v) is 4.98. The molecule has 0 aliphatic heterocycles. The van der Waals surface area contributed by atoms with Crippen molar-refractivity contribution in [3.05, 3.63) is 24.3 Å². The van der Waals surface area contributed by atoms with E-state index in [1.54, 1.807) is 0 Å². The summed E-state index contributed by atoms with van der Waals surface area (Å²) >= 11 is 4.65. The summed E-state index contributed by atoms with van der Waals surface area (Å²) in [6, 6.07) is 2.12. The fourth-order valence-electron chi connectivity index (χ4n) is 0.924. The molecule has 0 N–H and O–H groups in total. The van der Waals surface area contributed by atoms with E-state index in [2.05, 4.69) is 58.2 Å². The Kier molecular flexibility index (Phi) is 3.25. The summed E-state index contributed by atoms with van der Waals surface area (Å²) < 4.78 is 2.55. The molecule has 56 valence electrons. The first-order valence-electron chi connectivity index (χ1n) is 3.24. The van der Waals surface area contributed by atoms with Crippen LogP contribution in [0.1, 0.15) is 11.1 Å². The van der Waals surface area contributed by atoms with Crippen molar-refractivity contribution in [2.75, 3.05) is 0 Å². The fourth-order valence-corrected chi connectivity index (χ4v) is 2.24. The molecular weight excluding hydrogens is 361 g/mol. The Morgan fingerprint density at radius 3 is 2.36 bits per heavy atom. The van der Waals surface area contributed by atoms with Crippen molar-refractivity contribution >= 4 is 58.5 Å². The summed E-state index contributed by atoms with van der Waals surface area (Å²) in [7, 11) is 5.84. The quantitative estimate of drug-likeness (QED) is 0.487. The van der Waals surface area contributed by atoms with Gasteiger partial charge in [0, 0.05) is 7.14 Å². The Hall–Kier alpha value is 0.745. The molecule has 11 heavy (non-hydrogen) atoms. The Bertz CT molecular complexity index is 268. The minimum atomic E-state index is 0.926. The molecule has 3 heteroatoms. The molecule has 0 aromatic heterocycles. The van der Waals surface area contributed by atoms with Crippen LogP contribution >= 0.6 is 45.2 Å². The summed E-state index contributed by atoms with van der Waals surface area (Å²) in [6.45, 7) is 4.10. The van der Waals surface area contributed by atoms with Crippen LogP contribution in [0, 0.1) is 21.0 Å². The van der Waals surface area contributed by atoms with Gasteiger partial charge in [-0.2, -0.15) is 0 Å². The zero-order chi connectivity index (χ0) is 8.59. The van der Waals surface area contributed by atoms with E-state index in [4.69, 9.17) is 7.85 Å². The minimum absolute atomic E-state index is 0.926. The molecule has 0 nitrogen and oxygen atoms in total. The third-order valence-electron chi connectivity index (χ3n) is 1.71. The van der Waals surface area contributed by atoms with Crippen LogP contribution in [0.4, 0.5) is 0 Å². The van der Waals surface area contributed by atoms with Gasteiger partial charge in [-0.25, -0.2) is 0 Å². The Morgan fingerprint density at radius 2 is 1.82 bits per heavy atom. The number of halogens is 2. The average Bonchev–Trinajstić information content (AvgIpc) is 1.97. The first kappa shape index (κ1) is 9.83. The molecule has 0 bridgehead atoms. The highest BCUT2D eigenvalue weighted by Crippen LogP contribution is 2.18. The zero-order valence-electron chi connectivity index (χ0n) is 6.41. The van der Waals surface area contributed by atoms with Gasteiger partial charge in [-0.1, -0.05) is 11.0 Å². The predicted octanol–water partition coefficient (Wildman–Crippen LogP) is 2.31. The number of aryl methyl sites for hydroxylation is 1. The van der Waals surface area contributed by atoms with Crippen LogP contribution in [0.5, 0.6) is 0 Å². The van der Waals surface area contributed by atoms with Gasteiger partial charge in [0.25, 0.3) is 0 Å². The molecule has 0 unspecified atom stereocenters. The largest absolute Gasteiger partial charge is 0.114 e. The lowest BCUT2D eigenvalue weighted by molar-refractivity contribution is 1.37. The lowest BCUT2D eigenvalue weighted by Crippen LogP contribution is -2.14. The molecule has 1 aromatic rings. The molecule has 0 saturated heterocycles. The summed E-state index contributed by atoms with van der Waals surface area (Å²) in [6.07, 6.45) is 0. The summed E-state index contributed by atoms with van der Waals surface area (Å²) in [5.41, 5.74) is 3.30. The van der Waals surface area contributed by atoms with E-state index in [1.807, 2.05) is 6.92 Å². The van der Waals surface area contributed by atoms with Crippen LogP contribution in [0.2, 0.25) is 0 Å². The zero-order valence-corrected chi connectivity index (χ0v) is 10.7. The topological polar surface area (TPSA) is 0 Å². The molecule has 0 amide bonds. The van der Waals surface area contributed by atoms with Crippen LogP contribution in [-0.2, 0) is 0 Å². The second-order valence-corrected chi connectivity index (χ2v) is 4.77. The Labute approximate surface area is 95.8 Å². The molecule has 2 radical (unpaired) electrons. The van der Waals surface area contributed by atoms with Crippen LogP contribution in [-0.4, -0.2) is 7.85 Å². The molecule has 0 saturated carbocycles. The second-order valence-electron chi connectivity index (χ2n) is 2.53. The highest BCUT2D eigenvalue weighted by molar-refractivity contribution is 14.1. The molecule has 0 heterocycles. The van der Waals surface area contributed by atoms with Crippen LogP contribution in [0.25, 0.3) is 0 Å². The van der Waals surface area contributed by atoms with Gasteiger partial charge in [-0.3, -0.25) is 0 Å². The van der Waals surface area contributed by atoms with Gasteiger partial charge in [0.1, 0.15) is 7.85 Å². The average molecular weight is 368 g/mol. The van der Waals surface area contributed by atoms with Crippen molar-refractivity contribution in [2.24, 2.45) is 0 Å². The second kappa shape index (κ2) is 3.64. The van der Waals surface area contributed by atoms with Crippen molar-refractivity contribution in [3.63, 3.8) is 0 Å². The van der Waals surface area contributed by atoms with E-state index in [0.29, 0.717) is 0 Å². The van der Waals surface area contributed by atoms with Gasteiger partial charge in [0.05, 0.1) is 0 Å². The van der Waals surface area contributed by atoms with Gasteiger partial charge in [-0.15, -0.1) is 0 Å². The predicted molar refractivity (Wildman–Crippen MR) is 66.7 cm³/mol. The van der Waals surface area contributed by atoms with E-state index >= 15 is 0 Å². The summed E-state index contributed by atoms with van der Waals surface area (Å²) in [5, 5.41) is 0. The summed E-state index contributed by atoms with van der Waals surface area (Å²) in [5.74, 6) is 0. The molecule has 0 aliphatic rings. The Morgan fingerprint density at radius 1 is 1.27 bits per heavy atom. The van der Waals surface area contributed by atoms with Crippen molar-refractivity contribution in [1.82, 2.24) is 0 Å². The molecule has 0 aliphatic carbocycles. The number of rotatable bonds is 0. The maximum absolute atomic E-state index is 5.84. The normalized spacial score (nSPS) is 10.2. The summed E-state index contributed by atoms with van der Waals surface area (Å²) in [4.78, 5) is 0. The van der Waals surface area contributed by atoms with Crippen LogP contribution in [0.15, 0.2) is 6.07 Å². The maximum atomic E-state index is 5.84. The molecular formula is C8H7BI2. The molecule has 0 atom stereocenters. The first-order chi connectivity index (χ1) is 5.04. The lowest BCUT2D eigenvalue weighted by atomic mass is 9.87. The standard InChI is InChI=1S/C8H7BI2/c1-4-3-6(10)8(11)5(2)7(4)9/h3H,1-2H3. The maximum Gasteiger partial charge on any atom is 0.114 e. The van der Waals surface area contributed by atoms with Crippen molar-refractivity contribution < 1.29 is 0 Å². The monoisotopic (exact) mass is 368 g/mol. The van der Waals surface area contributed by atoms with Crippen molar-refractivity contribution in [3.8, 4) is 0 Å². The van der Waals surface area contributed by atoms with Gasteiger partial charge >= 0.3 is 0 Å². The van der Waals surface area contributed by atoms with Crippen LogP contribution < -0.4 is 5.46 Å². The molecule has 1 aromatic carbocycles. The van der Waals surface area contributed by atoms with Gasteiger partial charge in [0.2, 0.25) is 0 Å². The first-order valence-corrected chi connectivity index (χ1v) is 5.40. The lowest BCUT2D eigenvalue weighted by Gasteiger charge is -2.08. The number of hydrogen-bond donors (Lipinski definition) is 0. The van der Waals surface area contributed by atoms with Crippen molar-refractivity contribution in [2.45, 2.75) is 13.8 Å². The Balaban J connectivity index is 3.46. The SMILES string of the molecule is [B]c1c(C)cc(I)c(I)c1C. The van der Waals surface area contributed by atoms with E-state index in [9.17, 15) is 0 Å². The van der Waals surface area contributed by atoms with Gasteiger partial charge < -0.3 is 0 Å². The van der Waals surface area contributed by atoms with E-state index in [0.717, 1.165) is 5.46 Å². The number of hydrogen-bond acceptors (Lipinski definition) is 0. The highest BCUT2D eigenvalue weighted by Gasteiger charge is 2.04. The smallest absolute Gasteiger partial charge is 0.0898 e. The van der Waals surface area contributed by atoms with E-state index < -0.39 is 0 Å². The highest BCUT2D eigenvalue weighted by atomic mass is 127. The van der Waals surface area contributed by atoms with Gasteiger partial charge in [0.15, 0.2) is 0 Å². The molecule has 0 fully saturated rings. The number of benzene rings is 1. The van der Waals surface area contributed by atoms with Crippen molar-refractivity contribution in [1.29, 1.82) is 0 Å². The van der Waals surface area contributed by atoms with E-state index in [-0.39, 0.29) is 0 Å². The third kappa shape index (κ3) is 1.91. The fraction of sp³-hybridized carbons (Fsp3) is 0.250. The minimum Gasteiger partial charge on any atom is -0.0898 e. The van der Waals surface area contributed by atoms with E-state index in [1.165, 1.54) is 18.3 Å². The van der Waals surface area contributed by atoms with Crippen LogP contribution in [0.3, 0.4) is 0 Å². The molecule has 1 rings (SSSR count). The molecule has 0 spiro atoms. The van der Waals surface area contributed by atoms with Gasteiger partial charge in [-0.05, 0) is 70.7 Å².